The van der Waals surface area contributed by atoms with Crippen LogP contribution in [0.1, 0.15) is 176 Å². The number of rotatable bonds is 36. The summed E-state index contributed by atoms with van der Waals surface area (Å²) in [6.45, 7) is 13.7. The first kappa shape index (κ1) is 63.5. The predicted molar refractivity (Wildman–Crippen MR) is 353 cm³/mol. The van der Waals surface area contributed by atoms with E-state index in [0.29, 0.717) is 95.6 Å². The molecule has 0 fully saturated rings. The quantitative estimate of drug-likeness (QED) is 0.0384. The number of hydrogen-bond donors (Lipinski definition) is 1. The molecule has 7 aromatic rings. The molecule has 0 saturated heterocycles. The lowest BCUT2D eigenvalue weighted by Crippen LogP contribution is -2.30. The summed E-state index contributed by atoms with van der Waals surface area (Å²) in [5.74, 6) is -1.01. The highest BCUT2D eigenvalue weighted by molar-refractivity contribution is 6.22. The first-order chi connectivity index (χ1) is 42.5. The van der Waals surface area contributed by atoms with E-state index in [1.54, 1.807) is 27.2 Å². The second kappa shape index (κ2) is 30.1. The van der Waals surface area contributed by atoms with Gasteiger partial charge in [-0.25, -0.2) is 4.79 Å². The lowest BCUT2D eigenvalue weighted by atomic mass is 9.70. The van der Waals surface area contributed by atoms with E-state index in [0.717, 1.165) is 46.2 Å². The molecule has 10 rings (SSSR count). The van der Waals surface area contributed by atoms with Crippen LogP contribution in [0.3, 0.4) is 0 Å². The number of carbonyl (C=O) groups excluding carboxylic acids is 1. The summed E-state index contributed by atoms with van der Waals surface area (Å²) >= 11 is 0. The number of carboxylic acids is 1. The molecule has 0 amide bonds. The standard InChI is InChI=1S/C78H92O9/c1-7-9-11-13-15-17-33-77(34-18-16-14-12-10-8-2)71-47-54(3)19-27-64(71)65-31-25-60(52-72(65)77)61-26-32-67-66-30-24-59(51-73(66)78(74(67)53-61,35-37-84-43-45-86-41-39-82-5)36-38-85-44-46-87-42-40-83-6)58-23-29-63-62-28-22-57(49-69(62)75(79)70(63)50-58)56-21-20-55(4)68(48-56)76(80)81/h19-32,47-53H,7-18,33-46H2,1-6H3,(H,80,81). The van der Waals surface area contributed by atoms with Crippen LogP contribution in [0.4, 0.5) is 0 Å². The van der Waals surface area contributed by atoms with E-state index in [4.69, 9.17) is 28.4 Å². The fourth-order valence-electron chi connectivity index (χ4n) is 14.3. The van der Waals surface area contributed by atoms with Crippen molar-refractivity contribution in [3.05, 3.63) is 177 Å². The van der Waals surface area contributed by atoms with Gasteiger partial charge in [-0.2, -0.15) is 0 Å². The topological polar surface area (TPSA) is 110 Å². The molecule has 9 nitrogen and oxygen atoms in total. The lowest BCUT2D eigenvalue weighted by Gasteiger charge is -2.34. The number of ketones is 1. The average Bonchev–Trinajstić information content (AvgIpc) is 1.76. The Kier molecular flexibility index (Phi) is 22.0. The van der Waals surface area contributed by atoms with Crippen LogP contribution in [0.15, 0.2) is 127 Å². The molecule has 0 bridgehead atoms. The Morgan fingerprint density at radius 3 is 1.15 bits per heavy atom. The summed E-state index contributed by atoms with van der Waals surface area (Å²) in [6.07, 6.45) is 19.1. The molecule has 3 aliphatic carbocycles. The van der Waals surface area contributed by atoms with Crippen molar-refractivity contribution in [2.75, 3.05) is 80.3 Å². The van der Waals surface area contributed by atoms with Crippen molar-refractivity contribution < 1.29 is 43.1 Å². The maximum atomic E-state index is 14.6. The first-order valence-corrected chi connectivity index (χ1v) is 32.6. The predicted octanol–water partition coefficient (Wildman–Crippen LogP) is 18.4. The maximum absolute atomic E-state index is 14.6. The third-order valence-electron chi connectivity index (χ3n) is 19.0. The van der Waals surface area contributed by atoms with Gasteiger partial charge in [0.15, 0.2) is 5.78 Å². The minimum atomic E-state index is -0.972. The molecular weight excluding hydrogens is 1080 g/mol. The number of fused-ring (bicyclic) bond motifs is 9. The van der Waals surface area contributed by atoms with Crippen molar-refractivity contribution in [3.8, 4) is 66.8 Å². The highest BCUT2D eigenvalue weighted by Gasteiger charge is 2.45. The fourth-order valence-corrected chi connectivity index (χ4v) is 14.3. The molecule has 0 radical (unpaired) electrons. The number of carboxylic acid groups (broad SMARTS) is 1. The van der Waals surface area contributed by atoms with E-state index in [2.05, 4.69) is 112 Å². The van der Waals surface area contributed by atoms with E-state index < -0.39 is 11.4 Å². The van der Waals surface area contributed by atoms with Crippen LogP contribution in [-0.2, 0) is 39.3 Å². The number of hydrogen-bond acceptors (Lipinski definition) is 8. The summed E-state index contributed by atoms with van der Waals surface area (Å²) in [5.41, 5.74) is 21.5. The van der Waals surface area contributed by atoms with Gasteiger partial charge in [0, 0.05) is 49.4 Å². The smallest absolute Gasteiger partial charge is 0.335 e. The van der Waals surface area contributed by atoms with E-state index in [9.17, 15) is 14.7 Å². The number of aromatic carboxylic acids is 1. The molecule has 0 spiro atoms. The monoisotopic (exact) mass is 1170 g/mol. The molecule has 0 aliphatic heterocycles. The van der Waals surface area contributed by atoms with Crippen LogP contribution < -0.4 is 0 Å². The van der Waals surface area contributed by atoms with Crippen molar-refractivity contribution in [1.82, 2.24) is 0 Å². The van der Waals surface area contributed by atoms with E-state index in [1.807, 2.05) is 30.3 Å². The Hall–Kier alpha value is -6.56. The van der Waals surface area contributed by atoms with Crippen molar-refractivity contribution in [1.29, 1.82) is 0 Å². The summed E-state index contributed by atoms with van der Waals surface area (Å²) in [6, 6.07) is 46.4. The molecule has 1 N–H and O–H groups in total. The zero-order valence-electron chi connectivity index (χ0n) is 52.7. The highest BCUT2D eigenvalue weighted by Crippen LogP contribution is 2.58. The zero-order valence-corrected chi connectivity index (χ0v) is 52.7. The Labute approximate surface area is 518 Å². The minimum absolute atomic E-state index is 0.0379. The van der Waals surface area contributed by atoms with Gasteiger partial charge < -0.3 is 33.5 Å². The van der Waals surface area contributed by atoms with Crippen LogP contribution in [0.2, 0.25) is 0 Å². The first-order valence-electron chi connectivity index (χ1n) is 32.6. The lowest BCUT2D eigenvalue weighted by molar-refractivity contribution is 0.0145. The summed E-state index contributed by atoms with van der Waals surface area (Å²) in [7, 11) is 3.37. The van der Waals surface area contributed by atoms with Crippen molar-refractivity contribution in [3.63, 3.8) is 0 Å². The number of methoxy groups -OCH3 is 2. The Balaban J connectivity index is 1.03. The molecule has 0 heterocycles. The van der Waals surface area contributed by atoms with E-state index >= 15 is 0 Å². The molecule has 0 unspecified atom stereocenters. The third kappa shape index (κ3) is 14.0. The van der Waals surface area contributed by atoms with Gasteiger partial charge in [-0.05, 0) is 171 Å². The van der Waals surface area contributed by atoms with E-state index in [1.165, 1.54) is 138 Å². The van der Waals surface area contributed by atoms with Crippen LogP contribution in [0.25, 0.3) is 66.8 Å². The van der Waals surface area contributed by atoms with Crippen molar-refractivity contribution in [2.24, 2.45) is 0 Å². The second-order valence-corrected chi connectivity index (χ2v) is 24.6. The summed E-state index contributed by atoms with van der Waals surface area (Å²) in [5, 5.41) is 9.90. The Morgan fingerprint density at radius 1 is 0.368 bits per heavy atom. The van der Waals surface area contributed by atoms with Gasteiger partial charge in [0.25, 0.3) is 0 Å². The largest absolute Gasteiger partial charge is 0.478 e. The van der Waals surface area contributed by atoms with Gasteiger partial charge >= 0.3 is 5.97 Å². The fraction of sp³-hybridized carbons (Fsp3) is 0.436. The number of benzene rings is 7. The van der Waals surface area contributed by atoms with Crippen LogP contribution in [0.5, 0.6) is 0 Å². The van der Waals surface area contributed by atoms with Crippen LogP contribution in [0, 0.1) is 13.8 Å². The molecule has 9 heteroatoms. The summed E-state index contributed by atoms with van der Waals surface area (Å²) in [4.78, 5) is 26.6. The molecule has 0 aromatic heterocycles. The van der Waals surface area contributed by atoms with Gasteiger partial charge in [-0.15, -0.1) is 0 Å². The van der Waals surface area contributed by atoms with Gasteiger partial charge in [-0.3, -0.25) is 4.79 Å². The molecule has 0 saturated carbocycles. The van der Waals surface area contributed by atoms with Gasteiger partial charge in [0.1, 0.15) is 0 Å². The number of aryl methyl sites for hydroxylation is 2. The van der Waals surface area contributed by atoms with Crippen molar-refractivity contribution in [2.45, 2.75) is 141 Å². The zero-order chi connectivity index (χ0) is 60.8. The molecule has 0 atom stereocenters. The molecule has 7 aromatic carbocycles. The molecular formula is C78H92O9. The third-order valence-corrected chi connectivity index (χ3v) is 19.0. The van der Waals surface area contributed by atoms with Gasteiger partial charge in [-0.1, -0.05) is 187 Å². The van der Waals surface area contributed by atoms with Crippen LogP contribution in [-0.4, -0.2) is 97.1 Å². The highest BCUT2D eigenvalue weighted by atomic mass is 16.5. The summed E-state index contributed by atoms with van der Waals surface area (Å²) < 4.78 is 35.3. The minimum Gasteiger partial charge on any atom is -0.478 e. The van der Waals surface area contributed by atoms with Gasteiger partial charge in [0.2, 0.25) is 0 Å². The van der Waals surface area contributed by atoms with Gasteiger partial charge in [0.05, 0.1) is 58.4 Å². The van der Waals surface area contributed by atoms with E-state index in [-0.39, 0.29) is 16.8 Å². The molecule has 87 heavy (non-hydrogen) atoms. The van der Waals surface area contributed by atoms with Crippen LogP contribution >= 0.6 is 0 Å². The second-order valence-electron chi connectivity index (χ2n) is 24.6. The average molecular weight is 1170 g/mol. The Morgan fingerprint density at radius 2 is 0.713 bits per heavy atom. The normalized spacial score (nSPS) is 13.8. The van der Waals surface area contributed by atoms with Crippen molar-refractivity contribution >= 4 is 11.8 Å². The number of carbonyl (C=O) groups is 2. The molecule has 458 valence electrons. The SMILES string of the molecule is CCCCCCCCC1(CCCCCCCC)c2cc(C)ccc2-c2ccc(-c3ccc4c(c3)C(CCOCCOCCOC)(CCOCCOCCOC)c3cc(-c5ccc6c(c5)C(=O)c5cc(-c7ccc(C)c(C(=O)O)c7)ccc5-6)ccc3-4)cc21. The number of ether oxygens (including phenoxy) is 6. The Bertz CT molecular complexity index is 3460. The molecule has 3 aliphatic rings. The number of unbranched alkanes of at least 4 members (excludes halogenated alkanes) is 10. The maximum Gasteiger partial charge on any atom is 0.335 e.